The number of aromatic nitrogens is 1. The Labute approximate surface area is 119 Å². The standard InChI is InChI=1S/C13H13FN2O3S/c1-16(19-3)13(17)10-7-20-12(15-10)9-6-8(14)4-5-11(9)18-2/h4-7H,1-3H3. The van der Waals surface area contributed by atoms with E-state index in [2.05, 4.69) is 4.98 Å². The van der Waals surface area contributed by atoms with Crippen LogP contribution < -0.4 is 4.74 Å². The molecule has 0 saturated heterocycles. The van der Waals surface area contributed by atoms with Crippen LogP contribution in [0.4, 0.5) is 4.39 Å². The number of amides is 1. The van der Waals surface area contributed by atoms with E-state index < -0.39 is 5.82 Å². The molecule has 0 spiro atoms. The number of ether oxygens (including phenoxy) is 1. The van der Waals surface area contributed by atoms with Crippen molar-refractivity contribution in [1.82, 2.24) is 10.0 Å². The number of hydroxylamine groups is 2. The lowest BCUT2D eigenvalue weighted by atomic mass is 10.2. The van der Waals surface area contributed by atoms with Crippen molar-refractivity contribution in [1.29, 1.82) is 0 Å². The van der Waals surface area contributed by atoms with Crippen LogP contribution in [0.5, 0.6) is 5.75 Å². The van der Waals surface area contributed by atoms with Gasteiger partial charge in [0.15, 0.2) is 0 Å². The van der Waals surface area contributed by atoms with Gasteiger partial charge in [-0.25, -0.2) is 14.4 Å². The molecule has 1 heterocycles. The first-order valence-electron chi connectivity index (χ1n) is 5.68. The summed E-state index contributed by atoms with van der Waals surface area (Å²) < 4.78 is 18.5. The summed E-state index contributed by atoms with van der Waals surface area (Å²) in [7, 11) is 4.38. The summed E-state index contributed by atoms with van der Waals surface area (Å²) in [5.41, 5.74) is 0.747. The zero-order chi connectivity index (χ0) is 14.7. The van der Waals surface area contributed by atoms with E-state index >= 15 is 0 Å². The number of carbonyl (C=O) groups excluding carboxylic acids is 1. The molecule has 7 heteroatoms. The predicted octanol–water partition coefficient (Wildman–Crippen LogP) is 2.59. The Morgan fingerprint density at radius 1 is 1.40 bits per heavy atom. The molecule has 20 heavy (non-hydrogen) atoms. The van der Waals surface area contributed by atoms with Crippen molar-refractivity contribution in [2.75, 3.05) is 21.3 Å². The molecule has 1 amide bonds. The highest BCUT2D eigenvalue weighted by atomic mass is 32.1. The van der Waals surface area contributed by atoms with E-state index in [0.29, 0.717) is 16.3 Å². The van der Waals surface area contributed by atoms with Gasteiger partial charge in [0.05, 0.1) is 19.8 Å². The topological polar surface area (TPSA) is 51.7 Å². The Morgan fingerprint density at radius 2 is 2.15 bits per heavy atom. The molecule has 106 valence electrons. The average molecular weight is 296 g/mol. The molecule has 0 aliphatic heterocycles. The lowest BCUT2D eigenvalue weighted by molar-refractivity contribution is -0.0760. The summed E-state index contributed by atoms with van der Waals surface area (Å²) >= 11 is 1.24. The van der Waals surface area contributed by atoms with E-state index in [0.717, 1.165) is 5.06 Å². The maximum absolute atomic E-state index is 13.3. The van der Waals surface area contributed by atoms with Crippen molar-refractivity contribution in [3.63, 3.8) is 0 Å². The number of carbonyl (C=O) groups is 1. The maximum atomic E-state index is 13.3. The van der Waals surface area contributed by atoms with Gasteiger partial charge in [-0.05, 0) is 18.2 Å². The summed E-state index contributed by atoms with van der Waals surface area (Å²) in [6.45, 7) is 0. The Kier molecular flexibility index (Phi) is 4.31. The fourth-order valence-corrected chi connectivity index (χ4v) is 2.40. The molecule has 0 unspecified atom stereocenters. The van der Waals surface area contributed by atoms with E-state index in [4.69, 9.17) is 9.57 Å². The SMILES string of the molecule is COc1ccc(F)cc1-c1nc(C(=O)N(C)OC)cs1. The van der Waals surface area contributed by atoms with Gasteiger partial charge in [0.1, 0.15) is 22.3 Å². The zero-order valence-corrected chi connectivity index (χ0v) is 12.0. The third-order valence-corrected chi connectivity index (χ3v) is 3.55. The van der Waals surface area contributed by atoms with E-state index in [-0.39, 0.29) is 11.6 Å². The number of methoxy groups -OCH3 is 1. The normalized spacial score (nSPS) is 10.4. The van der Waals surface area contributed by atoms with Gasteiger partial charge >= 0.3 is 0 Å². The largest absolute Gasteiger partial charge is 0.496 e. The number of hydrogen-bond acceptors (Lipinski definition) is 5. The summed E-state index contributed by atoms with van der Waals surface area (Å²) in [5.74, 6) is -0.261. The minimum absolute atomic E-state index is 0.237. The summed E-state index contributed by atoms with van der Waals surface area (Å²) in [6.07, 6.45) is 0. The second-order valence-electron chi connectivity index (χ2n) is 3.87. The molecule has 1 aromatic carbocycles. The first-order chi connectivity index (χ1) is 9.56. The van der Waals surface area contributed by atoms with Crippen LogP contribution in [0.3, 0.4) is 0 Å². The number of rotatable bonds is 4. The van der Waals surface area contributed by atoms with Gasteiger partial charge in [0, 0.05) is 12.4 Å². The first kappa shape index (κ1) is 14.4. The molecule has 2 rings (SSSR count). The van der Waals surface area contributed by atoms with Crippen LogP contribution in [0, 0.1) is 5.82 Å². The molecule has 0 saturated carbocycles. The smallest absolute Gasteiger partial charge is 0.296 e. The van der Waals surface area contributed by atoms with Crippen molar-refractivity contribution in [2.24, 2.45) is 0 Å². The first-order valence-corrected chi connectivity index (χ1v) is 6.56. The van der Waals surface area contributed by atoms with Gasteiger partial charge in [-0.2, -0.15) is 0 Å². The highest BCUT2D eigenvalue weighted by Crippen LogP contribution is 2.32. The predicted molar refractivity (Wildman–Crippen MR) is 73.2 cm³/mol. The Balaban J connectivity index is 2.38. The van der Waals surface area contributed by atoms with Gasteiger partial charge in [0.2, 0.25) is 0 Å². The van der Waals surface area contributed by atoms with Gasteiger partial charge in [-0.15, -0.1) is 11.3 Å². The second-order valence-corrected chi connectivity index (χ2v) is 4.73. The van der Waals surface area contributed by atoms with E-state index in [1.165, 1.54) is 50.8 Å². The molecule has 0 N–H and O–H groups in total. The van der Waals surface area contributed by atoms with Gasteiger partial charge in [0.25, 0.3) is 5.91 Å². The van der Waals surface area contributed by atoms with Gasteiger partial charge in [-0.3, -0.25) is 9.63 Å². The fourth-order valence-electron chi connectivity index (χ4n) is 1.59. The third-order valence-electron chi connectivity index (χ3n) is 2.68. The number of hydrogen-bond donors (Lipinski definition) is 0. The number of thiazole rings is 1. The van der Waals surface area contributed by atoms with E-state index in [1.54, 1.807) is 5.38 Å². The summed E-state index contributed by atoms with van der Waals surface area (Å²) in [6, 6.07) is 4.15. The van der Waals surface area contributed by atoms with Crippen molar-refractivity contribution in [2.45, 2.75) is 0 Å². The van der Waals surface area contributed by atoms with Crippen LogP contribution in [0.2, 0.25) is 0 Å². The molecular formula is C13H13FN2O3S. The molecule has 1 aromatic heterocycles. The number of halogens is 1. The summed E-state index contributed by atoms with van der Waals surface area (Å²) in [5, 5.41) is 3.17. The summed E-state index contributed by atoms with van der Waals surface area (Å²) in [4.78, 5) is 20.9. The molecule has 0 bridgehead atoms. The minimum Gasteiger partial charge on any atom is -0.496 e. The fraction of sp³-hybridized carbons (Fsp3) is 0.231. The van der Waals surface area contributed by atoms with Gasteiger partial charge < -0.3 is 4.74 Å². The van der Waals surface area contributed by atoms with Crippen LogP contribution in [-0.2, 0) is 4.84 Å². The number of benzene rings is 1. The van der Waals surface area contributed by atoms with Crippen molar-refractivity contribution in [3.8, 4) is 16.3 Å². The van der Waals surface area contributed by atoms with Crippen LogP contribution in [0.25, 0.3) is 10.6 Å². The number of nitrogens with zero attached hydrogens (tertiary/aromatic N) is 2. The van der Waals surface area contributed by atoms with Crippen LogP contribution in [0.1, 0.15) is 10.5 Å². The Bertz CT molecular complexity index is 630. The molecule has 2 aromatic rings. The van der Waals surface area contributed by atoms with Gasteiger partial charge in [-0.1, -0.05) is 0 Å². The molecule has 5 nitrogen and oxygen atoms in total. The third kappa shape index (κ3) is 2.78. The molecule has 0 aliphatic rings. The Hall–Kier alpha value is -1.99. The highest BCUT2D eigenvalue weighted by Gasteiger charge is 2.18. The monoisotopic (exact) mass is 296 g/mol. The van der Waals surface area contributed by atoms with Crippen LogP contribution in [-0.4, -0.2) is 37.2 Å². The van der Waals surface area contributed by atoms with E-state index in [1.807, 2.05) is 0 Å². The van der Waals surface area contributed by atoms with Crippen LogP contribution in [0.15, 0.2) is 23.6 Å². The molecule has 0 atom stereocenters. The molecule has 0 aliphatic carbocycles. The van der Waals surface area contributed by atoms with Crippen molar-refractivity contribution < 1.29 is 18.8 Å². The van der Waals surface area contributed by atoms with Crippen molar-refractivity contribution >= 4 is 17.2 Å². The highest BCUT2D eigenvalue weighted by molar-refractivity contribution is 7.13. The van der Waals surface area contributed by atoms with E-state index in [9.17, 15) is 9.18 Å². The van der Waals surface area contributed by atoms with Crippen LogP contribution >= 0.6 is 11.3 Å². The lowest BCUT2D eigenvalue weighted by Crippen LogP contribution is -2.25. The average Bonchev–Trinajstić information content (AvgIpc) is 2.95. The maximum Gasteiger partial charge on any atom is 0.296 e. The zero-order valence-electron chi connectivity index (χ0n) is 11.2. The molecule has 0 fully saturated rings. The Morgan fingerprint density at radius 3 is 2.80 bits per heavy atom. The molecular weight excluding hydrogens is 283 g/mol. The second kappa shape index (κ2) is 5.98. The minimum atomic E-state index is -0.391. The quantitative estimate of drug-likeness (QED) is 0.814. The lowest BCUT2D eigenvalue weighted by Gasteiger charge is -2.11. The molecule has 0 radical (unpaired) electrons. The van der Waals surface area contributed by atoms with Crippen molar-refractivity contribution in [3.05, 3.63) is 35.1 Å².